The van der Waals surface area contributed by atoms with Crippen LogP contribution >= 0.6 is 0 Å². The van der Waals surface area contributed by atoms with Crippen LogP contribution in [-0.2, 0) is 6.42 Å². The average Bonchev–Trinajstić information content (AvgIpc) is 2.24. The molecule has 0 amide bonds. The number of nitrogens with two attached hydrogens (primary N) is 1. The van der Waals surface area contributed by atoms with E-state index in [4.69, 9.17) is 5.73 Å². The van der Waals surface area contributed by atoms with Crippen LogP contribution in [0.25, 0.3) is 0 Å². The molecule has 0 radical (unpaired) electrons. The van der Waals surface area contributed by atoms with E-state index in [-0.39, 0.29) is 11.4 Å². The number of likely N-dealkylation sites (N-methyl/N-ethyl adjacent to an activating group) is 1. The molecule has 96 valence electrons. The normalized spacial score (nSPS) is 12.1. The Labute approximate surface area is 104 Å². The van der Waals surface area contributed by atoms with Gasteiger partial charge in [-0.1, -0.05) is 18.2 Å². The Bertz CT molecular complexity index is 344. The van der Waals surface area contributed by atoms with E-state index in [2.05, 4.69) is 4.90 Å². The molecule has 0 unspecified atom stereocenters. The lowest BCUT2D eigenvalue weighted by Crippen LogP contribution is -2.36. The molecule has 0 fully saturated rings. The average molecular weight is 238 g/mol. The van der Waals surface area contributed by atoms with Gasteiger partial charge in [0.1, 0.15) is 5.82 Å². The van der Waals surface area contributed by atoms with Crippen LogP contribution in [0, 0.1) is 5.82 Å². The van der Waals surface area contributed by atoms with Crippen LogP contribution in [0.5, 0.6) is 0 Å². The first kappa shape index (κ1) is 14.1. The zero-order chi connectivity index (χ0) is 12.9. The molecule has 0 bridgehead atoms. The van der Waals surface area contributed by atoms with Crippen LogP contribution < -0.4 is 5.73 Å². The number of rotatable bonds is 6. The molecule has 0 aliphatic carbocycles. The molecule has 3 heteroatoms. The summed E-state index contributed by atoms with van der Waals surface area (Å²) in [7, 11) is 2.05. The van der Waals surface area contributed by atoms with Gasteiger partial charge >= 0.3 is 0 Å². The number of halogens is 1. The van der Waals surface area contributed by atoms with Crippen molar-refractivity contribution in [1.82, 2.24) is 4.90 Å². The number of benzene rings is 1. The maximum Gasteiger partial charge on any atom is 0.126 e. The van der Waals surface area contributed by atoms with Gasteiger partial charge in [-0.2, -0.15) is 0 Å². The second-order valence-corrected chi connectivity index (χ2v) is 5.38. The van der Waals surface area contributed by atoms with Gasteiger partial charge in [-0.25, -0.2) is 4.39 Å². The Morgan fingerprint density at radius 3 is 2.47 bits per heavy atom. The fraction of sp³-hybridized carbons (Fsp3) is 0.571. The highest BCUT2D eigenvalue weighted by Gasteiger charge is 2.11. The van der Waals surface area contributed by atoms with Gasteiger partial charge in [-0.05, 0) is 51.9 Å². The van der Waals surface area contributed by atoms with E-state index in [0.717, 1.165) is 31.5 Å². The molecule has 2 N–H and O–H groups in total. The Hall–Kier alpha value is -0.930. The predicted octanol–water partition coefficient (Wildman–Crippen LogP) is 2.43. The lowest BCUT2D eigenvalue weighted by atomic mass is 10.0. The van der Waals surface area contributed by atoms with E-state index in [1.54, 1.807) is 6.07 Å². The molecule has 0 aromatic heterocycles. The summed E-state index contributed by atoms with van der Waals surface area (Å²) in [5, 5.41) is 0. The molecule has 0 heterocycles. The van der Waals surface area contributed by atoms with Gasteiger partial charge in [0.15, 0.2) is 0 Å². The van der Waals surface area contributed by atoms with Gasteiger partial charge < -0.3 is 10.6 Å². The van der Waals surface area contributed by atoms with Crippen LogP contribution in [-0.4, -0.2) is 30.6 Å². The van der Waals surface area contributed by atoms with Crippen molar-refractivity contribution in [2.75, 3.05) is 20.1 Å². The smallest absolute Gasteiger partial charge is 0.126 e. The monoisotopic (exact) mass is 238 g/mol. The lowest BCUT2D eigenvalue weighted by Gasteiger charge is -2.23. The lowest BCUT2D eigenvalue weighted by molar-refractivity contribution is 0.297. The molecule has 1 aromatic rings. The number of hydrogen-bond acceptors (Lipinski definition) is 2. The topological polar surface area (TPSA) is 29.3 Å². The molecule has 1 aromatic carbocycles. The highest BCUT2D eigenvalue weighted by Crippen LogP contribution is 2.09. The van der Waals surface area contributed by atoms with Crippen molar-refractivity contribution < 1.29 is 4.39 Å². The van der Waals surface area contributed by atoms with E-state index in [1.807, 2.05) is 33.0 Å². The maximum absolute atomic E-state index is 13.4. The van der Waals surface area contributed by atoms with Crippen molar-refractivity contribution in [3.63, 3.8) is 0 Å². The molecule has 1 rings (SSSR count). The van der Waals surface area contributed by atoms with E-state index in [0.29, 0.717) is 0 Å². The summed E-state index contributed by atoms with van der Waals surface area (Å²) in [6.07, 6.45) is 1.69. The van der Waals surface area contributed by atoms with Crippen molar-refractivity contribution in [2.24, 2.45) is 5.73 Å². The maximum atomic E-state index is 13.4. The van der Waals surface area contributed by atoms with Crippen molar-refractivity contribution in [3.05, 3.63) is 35.6 Å². The number of hydrogen-bond donors (Lipinski definition) is 1. The highest BCUT2D eigenvalue weighted by atomic mass is 19.1. The Kier molecular flexibility index (Phi) is 5.09. The SMILES string of the molecule is CN(CCc1ccccc1F)CCC(C)(C)N. The quantitative estimate of drug-likeness (QED) is 0.824. The summed E-state index contributed by atoms with van der Waals surface area (Å²) < 4.78 is 13.4. The molecular formula is C14H23FN2. The third-order valence-electron chi connectivity index (χ3n) is 2.86. The summed E-state index contributed by atoms with van der Waals surface area (Å²) >= 11 is 0. The van der Waals surface area contributed by atoms with Crippen LogP contribution in [0.15, 0.2) is 24.3 Å². The molecule has 0 atom stereocenters. The van der Waals surface area contributed by atoms with Crippen molar-refractivity contribution >= 4 is 0 Å². The van der Waals surface area contributed by atoms with Crippen molar-refractivity contribution in [3.8, 4) is 0 Å². The molecule has 0 aliphatic heterocycles. The van der Waals surface area contributed by atoms with Gasteiger partial charge in [-0.3, -0.25) is 0 Å². The minimum atomic E-state index is -0.133. The van der Waals surface area contributed by atoms with Crippen molar-refractivity contribution in [2.45, 2.75) is 32.2 Å². The van der Waals surface area contributed by atoms with Crippen LogP contribution in [0.3, 0.4) is 0 Å². The minimum absolute atomic E-state index is 0.111. The number of nitrogens with zero attached hydrogens (tertiary/aromatic N) is 1. The van der Waals surface area contributed by atoms with Crippen molar-refractivity contribution in [1.29, 1.82) is 0 Å². The van der Waals surface area contributed by atoms with Gasteiger partial charge in [0.25, 0.3) is 0 Å². The van der Waals surface area contributed by atoms with E-state index < -0.39 is 0 Å². The summed E-state index contributed by atoms with van der Waals surface area (Å²) in [6, 6.07) is 6.95. The zero-order valence-electron chi connectivity index (χ0n) is 11.0. The second-order valence-electron chi connectivity index (χ2n) is 5.38. The molecule has 17 heavy (non-hydrogen) atoms. The van der Waals surface area contributed by atoms with Gasteiger partial charge in [0, 0.05) is 12.1 Å². The Balaban J connectivity index is 2.34. The third-order valence-corrected chi connectivity index (χ3v) is 2.86. The second kappa shape index (κ2) is 6.12. The minimum Gasteiger partial charge on any atom is -0.326 e. The third kappa shape index (κ3) is 5.80. The first-order chi connectivity index (χ1) is 7.88. The molecule has 0 saturated carbocycles. The van der Waals surface area contributed by atoms with E-state index in [1.165, 1.54) is 6.07 Å². The first-order valence-corrected chi connectivity index (χ1v) is 6.09. The fourth-order valence-corrected chi connectivity index (χ4v) is 1.60. The van der Waals surface area contributed by atoms with Gasteiger partial charge in [0.2, 0.25) is 0 Å². The van der Waals surface area contributed by atoms with Crippen LogP contribution in [0.4, 0.5) is 4.39 Å². The van der Waals surface area contributed by atoms with E-state index >= 15 is 0 Å². The van der Waals surface area contributed by atoms with Gasteiger partial charge in [0.05, 0.1) is 0 Å². The summed E-state index contributed by atoms with van der Waals surface area (Å²) in [5.74, 6) is -0.111. The first-order valence-electron chi connectivity index (χ1n) is 6.09. The van der Waals surface area contributed by atoms with Crippen LogP contribution in [0.1, 0.15) is 25.8 Å². The fourth-order valence-electron chi connectivity index (χ4n) is 1.60. The summed E-state index contributed by atoms with van der Waals surface area (Å²) in [5.41, 5.74) is 6.58. The zero-order valence-corrected chi connectivity index (χ0v) is 11.0. The molecule has 0 spiro atoms. The Morgan fingerprint density at radius 2 is 1.88 bits per heavy atom. The predicted molar refractivity (Wildman–Crippen MR) is 70.5 cm³/mol. The molecule has 0 aliphatic rings. The van der Waals surface area contributed by atoms with Gasteiger partial charge in [-0.15, -0.1) is 0 Å². The van der Waals surface area contributed by atoms with E-state index in [9.17, 15) is 4.39 Å². The molecular weight excluding hydrogens is 215 g/mol. The molecule has 2 nitrogen and oxygen atoms in total. The van der Waals surface area contributed by atoms with Crippen LogP contribution in [0.2, 0.25) is 0 Å². The standard InChI is InChI=1S/C14H23FN2/c1-14(2,16)9-11-17(3)10-8-12-6-4-5-7-13(12)15/h4-7H,8-11,16H2,1-3H3. The summed E-state index contributed by atoms with van der Waals surface area (Å²) in [6.45, 7) is 5.85. The Morgan fingerprint density at radius 1 is 1.24 bits per heavy atom. The largest absolute Gasteiger partial charge is 0.326 e. The summed E-state index contributed by atoms with van der Waals surface area (Å²) in [4.78, 5) is 2.20. The highest BCUT2D eigenvalue weighted by molar-refractivity contribution is 5.17. The molecule has 0 saturated heterocycles.